The van der Waals surface area contributed by atoms with Gasteiger partial charge in [-0.15, -0.1) is 0 Å². The van der Waals surface area contributed by atoms with Crippen molar-refractivity contribution in [1.29, 1.82) is 0 Å². The topological polar surface area (TPSA) is 60.9 Å². The van der Waals surface area contributed by atoms with Gasteiger partial charge in [-0.05, 0) is 61.9 Å². The maximum atomic E-state index is 13.1. The highest BCUT2D eigenvalue weighted by atomic mass is 16.2. The lowest BCUT2D eigenvalue weighted by Gasteiger charge is -2.38. The Morgan fingerprint density at radius 1 is 0.833 bits per heavy atom. The third-order valence-electron chi connectivity index (χ3n) is 7.49. The summed E-state index contributed by atoms with van der Waals surface area (Å²) < 4.78 is 0. The minimum Gasteiger partial charge on any atom is -0.309 e. The summed E-state index contributed by atoms with van der Waals surface area (Å²) in [5, 5.41) is 1.71. The number of anilines is 1. The quantitative estimate of drug-likeness (QED) is 0.329. The highest BCUT2D eigenvalue weighted by molar-refractivity contribution is 6.25. The van der Waals surface area contributed by atoms with Crippen LogP contribution in [-0.4, -0.2) is 59.7 Å². The highest BCUT2D eigenvalue weighted by Crippen LogP contribution is 2.30. The van der Waals surface area contributed by atoms with Crippen molar-refractivity contribution in [2.45, 2.75) is 45.1 Å². The van der Waals surface area contributed by atoms with E-state index >= 15 is 0 Å². The maximum Gasteiger partial charge on any atom is 0.261 e. The minimum absolute atomic E-state index is 0.174. The molecule has 186 valence electrons. The van der Waals surface area contributed by atoms with Crippen LogP contribution in [0.5, 0.6) is 0 Å². The van der Waals surface area contributed by atoms with E-state index in [1.807, 2.05) is 78.6 Å². The van der Waals surface area contributed by atoms with Crippen LogP contribution in [0.2, 0.25) is 0 Å². The Morgan fingerprint density at radius 2 is 1.44 bits per heavy atom. The summed E-state index contributed by atoms with van der Waals surface area (Å²) in [6.07, 6.45) is 4.10. The molecule has 0 unspecified atom stereocenters. The van der Waals surface area contributed by atoms with Gasteiger partial charge in [-0.1, -0.05) is 49.4 Å². The number of hydrogen-bond acceptors (Lipinski definition) is 4. The van der Waals surface area contributed by atoms with E-state index in [2.05, 4.69) is 4.90 Å². The number of nitrogens with zero attached hydrogens (tertiary/aromatic N) is 3. The number of piperidine rings is 1. The van der Waals surface area contributed by atoms with Crippen LogP contribution >= 0.6 is 0 Å². The van der Waals surface area contributed by atoms with E-state index in [4.69, 9.17) is 0 Å². The summed E-state index contributed by atoms with van der Waals surface area (Å²) in [6.45, 7) is 5.18. The van der Waals surface area contributed by atoms with Gasteiger partial charge in [-0.3, -0.25) is 19.3 Å². The Balaban J connectivity index is 1.13. The van der Waals surface area contributed by atoms with Crippen LogP contribution in [0.15, 0.2) is 66.7 Å². The van der Waals surface area contributed by atoms with E-state index in [1.54, 1.807) is 0 Å². The van der Waals surface area contributed by atoms with E-state index in [0.717, 1.165) is 61.8 Å². The second-order valence-corrected chi connectivity index (χ2v) is 9.70. The average Bonchev–Trinajstić information content (AvgIpc) is 2.92. The largest absolute Gasteiger partial charge is 0.309 e. The van der Waals surface area contributed by atoms with Crippen LogP contribution in [0.4, 0.5) is 5.69 Å². The summed E-state index contributed by atoms with van der Waals surface area (Å²) in [5.74, 6) is -0.203. The summed E-state index contributed by atoms with van der Waals surface area (Å²) >= 11 is 0. The number of hydrogen-bond donors (Lipinski definition) is 0. The minimum atomic E-state index is -0.188. The molecule has 0 spiro atoms. The van der Waals surface area contributed by atoms with Crippen molar-refractivity contribution >= 4 is 34.2 Å². The second-order valence-electron chi connectivity index (χ2n) is 9.70. The molecule has 3 amide bonds. The fraction of sp³-hybridized carbons (Fsp3) is 0.367. The predicted molar refractivity (Wildman–Crippen MR) is 142 cm³/mol. The number of imide groups is 1. The Labute approximate surface area is 212 Å². The molecule has 0 radical (unpaired) electrons. The first kappa shape index (κ1) is 24.2. The number of unbranched alkanes of at least 4 members (excludes halogenated alkanes) is 1. The van der Waals surface area contributed by atoms with Crippen molar-refractivity contribution in [3.8, 4) is 0 Å². The maximum absolute atomic E-state index is 13.1. The fourth-order valence-electron chi connectivity index (χ4n) is 5.61. The van der Waals surface area contributed by atoms with Gasteiger partial charge in [0.25, 0.3) is 11.8 Å². The number of benzene rings is 3. The van der Waals surface area contributed by atoms with Gasteiger partial charge < -0.3 is 9.80 Å². The van der Waals surface area contributed by atoms with E-state index < -0.39 is 0 Å². The summed E-state index contributed by atoms with van der Waals surface area (Å²) in [7, 11) is 0. The lowest BCUT2D eigenvalue weighted by molar-refractivity contribution is -0.119. The molecule has 0 N–H and O–H groups in total. The van der Waals surface area contributed by atoms with E-state index in [0.29, 0.717) is 24.1 Å². The molecule has 6 nitrogen and oxygen atoms in total. The zero-order valence-corrected chi connectivity index (χ0v) is 20.9. The molecule has 3 aromatic rings. The molecule has 36 heavy (non-hydrogen) atoms. The molecular formula is C30H33N3O3. The first-order valence-corrected chi connectivity index (χ1v) is 13.1. The Morgan fingerprint density at radius 3 is 2.06 bits per heavy atom. The van der Waals surface area contributed by atoms with Crippen LogP contribution in [0.1, 0.15) is 59.7 Å². The number of rotatable bonds is 8. The number of carbonyl (C=O) groups excluding carboxylic acids is 3. The third-order valence-corrected chi connectivity index (χ3v) is 7.49. The molecule has 2 aliphatic heterocycles. The molecular weight excluding hydrogens is 450 g/mol. The Bertz CT molecular complexity index is 1210. The monoisotopic (exact) mass is 483 g/mol. The number of likely N-dealkylation sites (tertiary alicyclic amines) is 1. The molecule has 0 bridgehead atoms. The van der Waals surface area contributed by atoms with E-state index in [-0.39, 0.29) is 23.8 Å². The van der Waals surface area contributed by atoms with E-state index in [1.165, 1.54) is 4.90 Å². The summed E-state index contributed by atoms with van der Waals surface area (Å²) in [6, 6.07) is 21.5. The van der Waals surface area contributed by atoms with Crippen LogP contribution in [0, 0.1) is 0 Å². The molecule has 0 aromatic heterocycles. The molecule has 0 saturated carbocycles. The standard InChI is InChI=1S/C30H33N3O3/c1-2-27(34)33(23-12-4-3-5-13-23)24-16-20-31(21-17-24)18-6-7-19-32-29(35)25-14-8-10-22-11-9-15-26(28(22)25)30(32)36/h3-5,8-15,24H,2,6-7,16-21H2,1H3. The van der Waals surface area contributed by atoms with Crippen molar-refractivity contribution in [3.05, 3.63) is 77.9 Å². The Hall–Kier alpha value is -3.51. The van der Waals surface area contributed by atoms with Gasteiger partial charge in [0, 0.05) is 54.3 Å². The van der Waals surface area contributed by atoms with Gasteiger partial charge in [-0.25, -0.2) is 0 Å². The second kappa shape index (κ2) is 10.6. The molecule has 1 saturated heterocycles. The van der Waals surface area contributed by atoms with Crippen molar-refractivity contribution < 1.29 is 14.4 Å². The Kier molecular flexibility index (Phi) is 7.14. The van der Waals surface area contributed by atoms with Crippen molar-refractivity contribution in [3.63, 3.8) is 0 Å². The van der Waals surface area contributed by atoms with Gasteiger partial charge in [0.05, 0.1) is 0 Å². The molecule has 6 heteroatoms. The number of para-hydroxylation sites is 1. The van der Waals surface area contributed by atoms with Gasteiger partial charge in [0.2, 0.25) is 5.91 Å². The fourth-order valence-corrected chi connectivity index (χ4v) is 5.61. The molecule has 5 rings (SSSR count). The highest BCUT2D eigenvalue weighted by Gasteiger charge is 2.32. The summed E-state index contributed by atoms with van der Waals surface area (Å²) in [5.41, 5.74) is 2.22. The molecule has 1 fully saturated rings. The van der Waals surface area contributed by atoms with Gasteiger partial charge in [0.15, 0.2) is 0 Å². The molecule has 2 heterocycles. The normalized spacial score (nSPS) is 16.5. The number of carbonyl (C=O) groups is 3. The first-order valence-electron chi connectivity index (χ1n) is 13.1. The van der Waals surface area contributed by atoms with E-state index in [9.17, 15) is 14.4 Å². The average molecular weight is 484 g/mol. The molecule has 0 atom stereocenters. The van der Waals surface area contributed by atoms with Gasteiger partial charge in [-0.2, -0.15) is 0 Å². The van der Waals surface area contributed by atoms with Gasteiger partial charge in [0.1, 0.15) is 0 Å². The van der Waals surface area contributed by atoms with Crippen LogP contribution in [0.3, 0.4) is 0 Å². The lowest BCUT2D eigenvalue weighted by atomic mass is 9.94. The predicted octanol–water partition coefficient (Wildman–Crippen LogP) is 5.12. The third kappa shape index (κ3) is 4.65. The van der Waals surface area contributed by atoms with Crippen molar-refractivity contribution in [2.24, 2.45) is 0 Å². The molecule has 2 aliphatic rings. The van der Waals surface area contributed by atoms with Crippen LogP contribution in [-0.2, 0) is 4.79 Å². The molecule has 0 aliphatic carbocycles. The van der Waals surface area contributed by atoms with Gasteiger partial charge >= 0.3 is 0 Å². The first-order chi connectivity index (χ1) is 17.6. The van der Waals surface area contributed by atoms with Crippen molar-refractivity contribution in [1.82, 2.24) is 9.80 Å². The smallest absolute Gasteiger partial charge is 0.261 e. The van der Waals surface area contributed by atoms with Crippen LogP contribution in [0.25, 0.3) is 10.8 Å². The lowest BCUT2D eigenvalue weighted by Crippen LogP contribution is -2.47. The SMILES string of the molecule is CCC(=O)N(c1ccccc1)C1CCN(CCCCN2C(=O)c3cccc4cccc(c34)C2=O)CC1. The molecule has 3 aromatic carbocycles. The van der Waals surface area contributed by atoms with Crippen molar-refractivity contribution in [2.75, 3.05) is 31.1 Å². The summed E-state index contributed by atoms with van der Waals surface area (Å²) in [4.78, 5) is 44.7. The zero-order valence-electron chi connectivity index (χ0n) is 20.9. The van der Waals surface area contributed by atoms with Crippen LogP contribution < -0.4 is 4.90 Å². The zero-order chi connectivity index (χ0) is 25.1. The number of amides is 3.